The Morgan fingerprint density at radius 1 is 1.00 bits per heavy atom. The molecule has 1 heterocycles. The smallest absolute Gasteiger partial charge is 0.142 e. The fourth-order valence-corrected chi connectivity index (χ4v) is 2.34. The van der Waals surface area contributed by atoms with Gasteiger partial charge in [0.05, 0.1) is 11.4 Å². The molecule has 0 amide bonds. The number of hydrogen-bond acceptors (Lipinski definition) is 6. The summed E-state index contributed by atoms with van der Waals surface area (Å²) in [5, 5.41) is 5.92. The van der Waals surface area contributed by atoms with Crippen molar-refractivity contribution in [2.24, 2.45) is 17.2 Å². The Balaban J connectivity index is 0.00000200. The topological polar surface area (TPSA) is 87.8 Å². The average Bonchev–Trinajstić information content (AvgIpc) is 2.45. The second kappa shape index (κ2) is 9.39. The van der Waals surface area contributed by atoms with E-state index in [-0.39, 0.29) is 65.3 Å². The number of benzene rings is 1. The van der Waals surface area contributed by atoms with E-state index in [1.807, 2.05) is 52.4 Å². The minimum absolute atomic E-state index is 0. The van der Waals surface area contributed by atoms with Gasteiger partial charge in [0.2, 0.25) is 0 Å². The van der Waals surface area contributed by atoms with Crippen LogP contribution in [0, 0.1) is 0 Å². The fraction of sp³-hybridized carbons (Fsp3) is 0.385. The Hall–Kier alpha value is 0.240. The average molecular weight is 308 g/mol. The van der Waals surface area contributed by atoms with E-state index < -0.39 is 0 Å². The number of nitrogens with two attached hydrogens (primary N) is 3. The molecule has 0 saturated heterocycles. The van der Waals surface area contributed by atoms with Crippen molar-refractivity contribution in [3.8, 4) is 0 Å². The molecule has 1 atom stereocenters. The van der Waals surface area contributed by atoms with Crippen molar-refractivity contribution in [1.29, 1.82) is 0 Å². The maximum atomic E-state index is 6.16. The Morgan fingerprint density at radius 3 is 2.05 bits per heavy atom. The van der Waals surface area contributed by atoms with Crippen LogP contribution in [0.3, 0.4) is 0 Å². The van der Waals surface area contributed by atoms with Crippen LogP contribution in [0.25, 0.3) is 0 Å². The molecular weight excluding hydrogens is 286 g/mol. The molecule has 8 heteroatoms. The molecule has 0 saturated carbocycles. The van der Waals surface area contributed by atoms with E-state index in [1.165, 1.54) is 0 Å². The van der Waals surface area contributed by atoms with Gasteiger partial charge in [0.25, 0.3) is 0 Å². The van der Waals surface area contributed by atoms with Crippen molar-refractivity contribution in [1.82, 2.24) is 10.1 Å². The van der Waals surface area contributed by atoms with E-state index in [1.54, 1.807) is 0 Å². The number of anilines is 1. The van der Waals surface area contributed by atoms with Crippen molar-refractivity contribution in [2.45, 2.75) is 20.0 Å². The van der Waals surface area contributed by atoms with Gasteiger partial charge in [-0.05, 0) is 19.1 Å². The van der Waals surface area contributed by atoms with Gasteiger partial charge in [-0.25, -0.2) is 10.0 Å². The minimum Gasteiger partial charge on any atom is -0.397 e. The molecule has 0 fully saturated rings. The third kappa shape index (κ3) is 4.16. The van der Waals surface area contributed by atoms with E-state index in [0.717, 1.165) is 18.8 Å². The van der Waals surface area contributed by atoms with Crippen LogP contribution in [0.15, 0.2) is 41.8 Å². The van der Waals surface area contributed by atoms with Crippen molar-refractivity contribution >= 4 is 64.8 Å². The van der Waals surface area contributed by atoms with Gasteiger partial charge in [0, 0.05) is 72.2 Å². The van der Waals surface area contributed by atoms with Gasteiger partial charge in [0.1, 0.15) is 12.0 Å². The summed E-state index contributed by atoms with van der Waals surface area (Å²) in [7, 11) is 0. The number of hydrazine groups is 2. The molecule has 0 spiro atoms. The van der Waals surface area contributed by atoms with Gasteiger partial charge >= 0.3 is 0 Å². The molecule has 1 aliphatic rings. The zero-order valence-corrected chi connectivity index (χ0v) is 17.5. The predicted molar refractivity (Wildman–Crippen MR) is 88.6 cm³/mol. The summed E-state index contributed by atoms with van der Waals surface area (Å²) in [5.74, 6) is 0.491. The second-order valence-electron chi connectivity index (χ2n) is 4.38. The normalized spacial score (nSPS) is 20.0. The summed E-state index contributed by atoms with van der Waals surface area (Å²) >= 11 is 0. The van der Waals surface area contributed by atoms with Crippen LogP contribution < -0.4 is 22.2 Å². The molecule has 106 valence electrons. The van der Waals surface area contributed by atoms with Crippen LogP contribution in [-0.4, -0.2) is 88.5 Å². The Morgan fingerprint density at radius 2 is 1.57 bits per heavy atom. The molecule has 2 radical (unpaired) electrons. The van der Waals surface area contributed by atoms with Gasteiger partial charge in [-0.2, -0.15) is 0 Å². The van der Waals surface area contributed by atoms with Crippen molar-refractivity contribution in [3.63, 3.8) is 0 Å². The molecule has 0 bridgehead atoms. The summed E-state index contributed by atoms with van der Waals surface area (Å²) < 4.78 is 0. The second-order valence-corrected chi connectivity index (χ2v) is 4.38. The van der Waals surface area contributed by atoms with Crippen LogP contribution in [0.1, 0.15) is 13.8 Å². The minimum atomic E-state index is -0.384. The summed E-state index contributed by atoms with van der Waals surface area (Å²) in [6, 6.07) is 9.90. The summed E-state index contributed by atoms with van der Waals surface area (Å²) in [4.78, 5) is 0. The van der Waals surface area contributed by atoms with Crippen LogP contribution >= 0.6 is 0 Å². The van der Waals surface area contributed by atoms with E-state index in [4.69, 9.17) is 17.2 Å². The van der Waals surface area contributed by atoms with E-state index >= 15 is 0 Å². The van der Waals surface area contributed by atoms with Gasteiger partial charge in [-0.1, -0.05) is 25.1 Å². The number of rotatable bonds is 3. The number of nitrogens with zero attached hydrogens (tertiary/aromatic N) is 3. The van der Waals surface area contributed by atoms with Gasteiger partial charge < -0.3 is 17.2 Å². The molecule has 6 N–H and O–H groups in total. The van der Waals surface area contributed by atoms with E-state index in [0.29, 0.717) is 11.5 Å². The molecule has 1 unspecified atom stereocenters. The first-order chi connectivity index (χ1) is 9.11. The van der Waals surface area contributed by atoms with Gasteiger partial charge in [-0.15, -0.1) is 5.12 Å². The van der Waals surface area contributed by atoms with Crippen LogP contribution in [-0.2, 0) is 0 Å². The maximum Gasteiger partial charge on any atom is 0.142 e. The fourth-order valence-electron chi connectivity index (χ4n) is 2.34. The molecule has 1 aromatic rings. The standard InChI is InChI=1S/C13H22N6.2Na/c1-3-17-12(15)11(14)13(16)19(18(17)4-2)10-8-6-5-7-9-10;;/h5-9,12H,3-4,14-16H2,1-2H3;;. The maximum absolute atomic E-state index is 6.16. The zero-order valence-electron chi connectivity index (χ0n) is 13.5. The van der Waals surface area contributed by atoms with Crippen molar-refractivity contribution in [3.05, 3.63) is 41.8 Å². The molecule has 0 aliphatic carbocycles. The van der Waals surface area contributed by atoms with Crippen molar-refractivity contribution in [2.75, 3.05) is 18.1 Å². The SMILES string of the molecule is CCN1C(N)C(N)=C(N)N(c2ccccc2)N1CC.[Na].[Na]. The van der Waals surface area contributed by atoms with Crippen LogP contribution in [0.2, 0.25) is 0 Å². The molecular formula is C13H22N6Na2. The van der Waals surface area contributed by atoms with E-state index in [9.17, 15) is 0 Å². The van der Waals surface area contributed by atoms with Crippen molar-refractivity contribution < 1.29 is 0 Å². The zero-order chi connectivity index (χ0) is 14.0. The van der Waals surface area contributed by atoms with E-state index in [2.05, 4.69) is 6.92 Å². The number of para-hydroxylation sites is 1. The summed E-state index contributed by atoms with van der Waals surface area (Å²) in [6.45, 7) is 5.61. The first kappa shape index (κ1) is 21.2. The Kier molecular flexibility index (Phi) is 9.50. The molecule has 2 rings (SSSR count). The number of hydrogen-bond donors (Lipinski definition) is 3. The molecule has 6 nitrogen and oxygen atoms in total. The molecule has 1 aromatic carbocycles. The Bertz CT molecular complexity index is 467. The monoisotopic (exact) mass is 308 g/mol. The van der Waals surface area contributed by atoms with Gasteiger partial charge in [0.15, 0.2) is 0 Å². The summed E-state index contributed by atoms with van der Waals surface area (Å²) in [5.41, 5.74) is 19.8. The third-order valence-electron chi connectivity index (χ3n) is 3.30. The first-order valence-corrected chi connectivity index (χ1v) is 6.51. The predicted octanol–water partition coefficient (Wildman–Crippen LogP) is -0.410. The van der Waals surface area contributed by atoms with Crippen LogP contribution in [0.5, 0.6) is 0 Å². The third-order valence-corrected chi connectivity index (χ3v) is 3.30. The largest absolute Gasteiger partial charge is 0.397 e. The summed E-state index contributed by atoms with van der Waals surface area (Å²) in [6.07, 6.45) is -0.384. The van der Waals surface area contributed by atoms with Gasteiger partial charge in [-0.3, -0.25) is 0 Å². The first-order valence-electron chi connectivity index (χ1n) is 6.51. The number of likely N-dealkylation sites (N-methyl/N-ethyl adjacent to an activating group) is 1. The quantitative estimate of drug-likeness (QED) is 0.658. The molecule has 21 heavy (non-hydrogen) atoms. The van der Waals surface area contributed by atoms with Crippen LogP contribution in [0.4, 0.5) is 5.69 Å². The molecule has 0 aromatic heterocycles. The molecule has 1 aliphatic heterocycles. The Labute approximate surface area is 170 Å².